The van der Waals surface area contributed by atoms with E-state index in [2.05, 4.69) is 26.8 Å². The lowest BCUT2D eigenvalue weighted by atomic mass is 9.86. The highest BCUT2D eigenvalue weighted by Gasteiger charge is 2.18. The Bertz CT molecular complexity index is 449. The molecular weight excluding hydrogens is 242 g/mol. The highest BCUT2D eigenvalue weighted by molar-refractivity contribution is 5.76. The minimum Gasteiger partial charge on any atom is -0.495 e. The summed E-state index contributed by atoms with van der Waals surface area (Å²) in [6, 6.07) is 6.04. The fourth-order valence-corrected chi connectivity index (χ4v) is 1.80. The number of benzene rings is 1. The first-order valence-corrected chi connectivity index (χ1v) is 6.26. The molecule has 4 nitrogen and oxygen atoms in total. The van der Waals surface area contributed by atoms with Gasteiger partial charge in [-0.25, -0.2) is 0 Å². The van der Waals surface area contributed by atoms with Crippen molar-refractivity contribution in [3.05, 3.63) is 23.8 Å². The third-order valence-electron chi connectivity index (χ3n) is 3.05. The zero-order chi connectivity index (χ0) is 14.6. The molecule has 0 radical (unpaired) electrons. The predicted molar refractivity (Wildman–Crippen MR) is 77.0 cm³/mol. The zero-order valence-corrected chi connectivity index (χ0v) is 12.6. The topological polar surface area (TPSA) is 38.8 Å². The van der Waals surface area contributed by atoms with E-state index in [-0.39, 0.29) is 17.9 Å². The van der Waals surface area contributed by atoms with E-state index in [9.17, 15) is 4.79 Å². The van der Waals surface area contributed by atoms with Gasteiger partial charge in [-0.2, -0.15) is 0 Å². The van der Waals surface area contributed by atoms with Crippen LogP contribution in [0.25, 0.3) is 0 Å². The Morgan fingerprint density at radius 1 is 1.26 bits per heavy atom. The van der Waals surface area contributed by atoms with Crippen LogP contribution in [0.1, 0.15) is 26.3 Å². The van der Waals surface area contributed by atoms with Crippen molar-refractivity contribution in [2.45, 2.75) is 26.2 Å². The van der Waals surface area contributed by atoms with Crippen LogP contribution in [0.2, 0.25) is 0 Å². The molecule has 1 aromatic rings. The van der Waals surface area contributed by atoms with E-state index in [1.807, 2.05) is 24.1 Å². The molecule has 106 valence electrons. The molecule has 19 heavy (non-hydrogen) atoms. The Morgan fingerprint density at radius 2 is 1.89 bits per heavy atom. The van der Waals surface area contributed by atoms with Gasteiger partial charge in [0.2, 0.25) is 0 Å². The summed E-state index contributed by atoms with van der Waals surface area (Å²) in [5, 5.41) is 0. The Kier molecular flexibility index (Phi) is 4.81. The average molecular weight is 265 g/mol. The maximum Gasteiger partial charge on any atom is 0.325 e. The van der Waals surface area contributed by atoms with Gasteiger partial charge in [0, 0.05) is 7.05 Å². The molecule has 1 rings (SSSR count). The smallest absolute Gasteiger partial charge is 0.325 e. The first-order valence-electron chi connectivity index (χ1n) is 6.26. The van der Waals surface area contributed by atoms with E-state index >= 15 is 0 Å². The van der Waals surface area contributed by atoms with Gasteiger partial charge in [0.05, 0.1) is 19.9 Å². The van der Waals surface area contributed by atoms with Crippen LogP contribution in [-0.4, -0.2) is 33.8 Å². The molecule has 0 amide bonds. The van der Waals surface area contributed by atoms with Gasteiger partial charge >= 0.3 is 5.97 Å². The second-order valence-corrected chi connectivity index (χ2v) is 5.57. The number of esters is 1. The number of hydrogen-bond acceptors (Lipinski definition) is 4. The van der Waals surface area contributed by atoms with E-state index in [0.717, 1.165) is 11.4 Å². The van der Waals surface area contributed by atoms with Crippen molar-refractivity contribution < 1.29 is 14.3 Å². The standard InChI is InChI=1S/C15H23NO3/c1-15(2,3)11-7-8-13(18-5)12(9-11)16(4)10-14(17)19-6/h7-9H,10H2,1-6H3. The van der Waals surface area contributed by atoms with E-state index < -0.39 is 0 Å². The molecule has 0 atom stereocenters. The second-order valence-electron chi connectivity index (χ2n) is 5.57. The molecule has 0 aliphatic rings. The molecule has 0 aromatic heterocycles. The molecule has 4 heteroatoms. The lowest BCUT2D eigenvalue weighted by Crippen LogP contribution is -2.27. The summed E-state index contributed by atoms with van der Waals surface area (Å²) in [6.07, 6.45) is 0. The lowest BCUT2D eigenvalue weighted by Gasteiger charge is -2.25. The van der Waals surface area contributed by atoms with Gasteiger partial charge in [-0.15, -0.1) is 0 Å². The van der Waals surface area contributed by atoms with Gasteiger partial charge < -0.3 is 14.4 Å². The van der Waals surface area contributed by atoms with Crippen LogP contribution in [0.15, 0.2) is 18.2 Å². The van der Waals surface area contributed by atoms with Crippen LogP contribution in [0.5, 0.6) is 5.75 Å². The molecule has 0 unspecified atom stereocenters. The Hall–Kier alpha value is -1.71. The Morgan fingerprint density at radius 3 is 2.37 bits per heavy atom. The summed E-state index contributed by atoms with van der Waals surface area (Å²) in [7, 11) is 4.86. The fourth-order valence-electron chi connectivity index (χ4n) is 1.80. The van der Waals surface area contributed by atoms with Crippen molar-refractivity contribution >= 4 is 11.7 Å². The van der Waals surface area contributed by atoms with Crippen LogP contribution in [0, 0.1) is 0 Å². The third kappa shape index (κ3) is 3.88. The molecular formula is C15H23NO3. The van der Waals surface area contributed by atoms with Gasteiger partial charge in [-0.05, 0) is 23.1 Å². The SMILES string of the molecule is COC(=O)CN(C)c1cc(C(C)(C)C)ccc1OC. The summed E-state index contributed by atoms with van der Waals surface area (Å²) < 4.78 is 10.0. The number of ether oxygens (including phenoxy) is 2. The number of carbonyl (C=O) groups is 1. The van der Waals surface area contributed by atoms with Crippen molar-refractivity contribution in [3.63, 3.8) is 0 Å². The van der Waals surface area contributed by atoms with Crippen LogP contribution < -0.4 is 9.64 Å². The highest BCUT2D eigenvalue weighted by atomic mass is 16.5. The van der Waals surface area contributed by atoms with Crippen molar-refractivity contribution in [2.75, 3.05) is 32.7 Å². The first-order chi connectivity index (χ1) is 8.79. The van der Waals surface area contributed by atoms with E-state index in [0.29, 0.717) is 0 Å². The van der Waals surface area contributed by atoms with E-state index in [1.54, 1.807) is 7.11 Å². The van der Waals surface area contributed by atoms with Crippen molar-refractivity contribution in [2.24, 2.45) is 0 Å². The van der Waals surface area contributed by atoms with E-state index in [1.165, 1.54) is 12.7 Å². The number of nitrogens with zero attached hydrogens (tertiary/aromatic N) is 1. The minimum atomic E-state index is -0.272. The number of methoxy groups -OCH3 is 2. The summed E-state index contributed by atoms with van der Waals surface area (Å²) in [5.41, 5.74) is 2.13. The molecule has 0 saturated carbocycles. The van der Waals surface area contributed by atoms with Gasteiger partial charge in [0.25, 0.3) is 0 Å². The molecule has 0 fully saturated rings. The normalized spacial score (nSPS) is 11.1. The number of anilines is 1. The molecule has 0 spiro atoms. The molecule has 0 bridgehead atoms. The predicted octanol–water partition coefficient (Wildman–Crippen LogP) is 2.60. The fraction of sp³-hybridized carbons (Fsp3) is 0.533. The van der Waals surface area contributed by atoms with Crippen molar-refractivity contribution in [1.82, 2.24) is 0 Å². The summed E-state index contributed by atoms with van der Waals surface area (Å²) in [4.78, 5) is 13.2. The third-order valence-corrected chi connectivity index (χ3v) is 3.05. The largest absolute Gasteiger partial charge is 0.495 e. The first kappa shape index (κ1) is 15.3. The quantitative estimate of drug-likeness (QED) is 0.784. The molecule has 0 saturated heterocycles. The maximum atomic E-state index is 11.4. The molecule has 0 aliphatic heterocycles. The Balaban J connectivity index is 3.12. The molecule has 0 heterocycles. The van der Waals surface area contributed by atoms with Crippen LogP contribution >= 0.6 is 0 Å². The monoisotopic (exact) mass is 265 g/mol. The van der Waals surface area contributed by atoms with Gasteiger partial charge in [-0.3, -0.25) is 4.79 Å². The van der Waals surface area contributed by atoms with Crippen LogP contribution in [0.3, 0.4) is 0 Å². The molecule has 0 N–H and O–H groups in total. The number of likely N-dealkylation sites (N-methyl/N-ethyl adjacent to an activating group) is 1. The summed E-state index contributed by atoms with van der Waals surface area (Å²) in [6.45, 7) is 6.65. The average Bonchev–Trinajstić information content (AvgIpc) is 2.36. The van der Waals surface area contributed by atoms with E-state index in [4.69, 9.17) is 9.47 Å². The lowest BCUT2D eigenvalue weighted by molar-refractivity contribution is -0.138. The second kappa shape index (κ2) is 5.95. The van der Waals surface area contributed by atoms with Crippen LogP contribution in [0.4, 0.5) is 5.69 Å². The number of rotatable bonds is 4. The van der Waals surface area contributed by atoms with Crippen molar-refractivity contribution in [3.8, 4) is 5.75 Å². The maximum absolute atomic E-state index is 11.4. The van der Waals surface area contributed by atoms with Gasteiger partial charge in [0.1, 0.15) is 12.3 Å². The van der Waals surface area contributed by atoms with Gasteiger partial charge in [-0.1, -0.05) is 26.8 Å². The molecule has 1 aromatic carbocycles. The number of carbonyl (C=O) groups excluding carboxylic acids is 1. The number of hydrogen-bond donors (Lipinski definition) is 0. The molecule has 0 aliphatic carbocycles. The summed E-state index contributed by atoms with van der Waals surface area (Å²) >= 11 is 0. The zero-order valence-electron chi connectivity index (χ0n) is 12.6. The minimum absolute atomic E-state index is 0.0487. The van der Waals surface area contributed by atoms with Gasteiger partial charge in [0.15, 0.2) is 0 Å². The highest BCUT2D eigenvalue weighted by Crippen LogP contribution is 2.33. The summed E-state index contributed by atoms with van der Waals surface area (Å²) in [5.74, 6) is 0.477. The van der Waals surface area contributed by atoms with Crippen LogP contribution in [-0.2, 0) is 14.9 Å². The Labute approximate surface area is 115 Å². The van der Waals surface area contributed by atoms with Crippen molar-refractivity contribution in [1.29, 1.82) is 0 Å².